The van der Waals surface area contributed by atoms with E-state index < -0.39 is 5.82 Å². The predicted molar refractivity (Wildman–Crippen MR) is 67.2 cm³/mol. The lowest BCUT2D eigenvalue weighted by Crippen LogP contribution is -2.10. The highest BCUT2D eigenvalue weighted by atomic mass is 79.9. The molecule has 1 unspecified atom stereocenters. The molecule has 7 heteroatoms. The summed E-state index contributed by atoms with van der Waals surface area (Å²) in [6.07, 6.45) is 1.39. The fourth-order valence-electron chi connectivity index (χ4n) is 1.47. The topological polar surface area (TPSA) is 77.4 Å². The molecule has 0 aliphatic carbocycles. The number of halogens is 2. The number of nitrogens with one attached hydrogen (secondary N) is 2. The Kier molecular flexibility index (Phi) is 3.58. The molecule has 1 heterocycles. The van der Waals surface area contributed by atoms with E-state index in [0.717, 1.165) is 0 Å². The SMILES string of the molecule is CC(Nc1ccc(C#N)c(Br)c1F)c1ncn[nH]1. The van der Waals surface area contributed by atoms with Crippen molar-refractivity contribution in [3.63, 3.8) is 0 Å². The summed E-state index contributed by atoms with van der Waals surface area (Å²) in [6.45, 7) is 1.83. The minimum absolute atomic E-state index is 0.153. The number of nitrogens with zero attached hydrogens (tertiary/aromatic N) is 3. The van der Waals surface area contributed by atoms with E-state index in [0.29, 0.717) is 11.5 Å². The lowest BCUT2D eigenvalue weighted by atomic mass is 10.2. The summed E-state index contributed by atoms with van der Waals surface area (Å²) in [5.41, 5.74) is 0.551. The molecule has 5 nitrogen and oxygen atoms in total. The van der Waals surface area contributed by atoms with Crippen molar-refractivity contribution in [2.24, 2.45) is 0 Å². The van der Waals surface area contributed by atoms with E-state index >= 15 is 0 Å². The lowest BCUT2D eigenvalue weighted by molar-refractivity contribution is 0.619. The minimum atomic E-state index is -0.500. The van der Waals surface area contributed by atoms with Gasteiger partial charge in [-0.2, -0.15) is 10.4 Å². The molecule has 1 atom stereocenters. The molecule has 0 amide bonds. The molecular formula is C11H9BrFN5. The standard InChI is InChI=1S/C11H9BrFN5/c1-6(11-15-5-16-18-11)17-8-3-2-7(4-14)9(12)10(8)13/h2-3,5-6,17H,1H3,(H,15,16,18). The summed E-state index contributed by atoms with van der Waals surface area (Å²) in [5, 5.41) is 18.2. The summed E-state index contributed by atoms with van der Waals surface area (Å²) in [5.74, 6) is 0.107. The Morgan fingerprint density at radius 1 is 1.56 bits per heavy atom. The molecule has 0 radical (unpaired) electrons. The molecule has 1 aromatic heterocycles. The number of rotatable bonds is 3. The highest BCUT2D eigenvalue weighted by molar-refractivity contribution is 9.10. The maximum absolute atomic E-state index is 13.9. The molecule has 92 valence electrons. The molecule has 0 bridgehead atoms. The zero-order valence-corrected chi connectivity index (χ0v) is 11.0. The normalized spacial score (nSPS) is 11.9. The first-order valence-electron chi connectivity index (χ1n) is 5.13. The monoisotopic (exact) mass is 309 g/mol. The van der Waals surface area contributed by atoms with Gasteiger partial charge in [0.05, 0.1) is 21.8 Å². The number of aromatic nitrogens is 3. The van der Waals surface area contributed by atoms with Crippen molar-refractivity contribution < 1.29 is 4.39 Å². The smallest absolute Gasteiger partial charge is 0.161 e. The Labute approximate surface area is 111 Å². The van der Waals surface area contributed by atoms with E-state index in [-0.39, 0.29) is 16.1 Å². The maximum atomic E-state index is 13.9. The fourth-order valence-corrected chi connectivity index (χ4v) is 1.91. The van der Waals surface area contributed by atoms with Gasteiger partial charge in [-0.1, -0.05) is 0 Å². The highest BCUT2D eigenvalue weighted by Crippen LogP contribution is 2.28. The number of H-pyrrole nitrogens is 1. The summed E-state index contributed by atoms with van der Waals surface area (Å²) in [6, 6.07) is 4.74. The summed E-state index contributed by atoms with van der Waals surface area (Å²) in [7, 11) is 0. The molecule has 2 N–H and O–H groups in total. The second-order valence-corrected chi connectivity index (χ2v) is 4.43. The van der Waals surface area contributed by atoms with Gasteiger partial charge in [0, 0.05) is 0 Å². The third-order valence-electron chi connectivity index (χ3n) is 2.42. The second kappa shape index (κ2) is 5.14. The third kappa shape index (κ3) is 2.33. The molecule has 0 saturated carbocycles. The Morgan fingerprint density at radius 2 is 2.33 bits per heavy atom. The van der Waals surface area contributed by atoms with Crippen LogP contribution in [0.25, 0.3) is 0 Å². The molecule has 2 aromatic rings. The van der Waals surface area contributed by atoms with Crippen molar-refractivity contribution in [3.05, 3.63) is 40.1 Å². The lowest BCUT2D eigenvalue weighted by Gasteiger charge is -2.14. The average molecular weight is 310 g/mol. The Bertz CT molecular complexity index is 590. The van der Waals surface area contributed by atoms with Gasteiger partial charge < -0.3 is 5.32 Å². The van der Waals surface area contributed by atoms with E-state index in [1.807, 2.05) is 13.0 Å². The third-order valence-corrected chi connectivity index (χ3v) is 3.19. The van der Waals surface area contributed by atoms with Gasteiger partial charge in [0.2, 0.25) is 0 Å². The predicted octanol–water partition coefficient (Wildman–Crippen LogP) is 2.75. The van der Waals surface area contributed by atoms with Crippen LogP contribution >= 0.6 is 15.9 Å². The first kappa shape index (κ1) is 12.5. The van der Waals surface area contributed by atoms with Gasteiger partial charge in [-0.3, -0.25) is 5.10 Å². The second-order valence-electron chi connectivity index (χ2n) is 3.64. The average Bonchev–Trinajstić information content (AvgIpc) is 2.89. The number of anilines is 1. The zero-order chi connectivity index (χ0) is 13.1. The quantitative estimate of drug-likeness (QED) is 0.914. The number of nitriles is 1. The van der Waals surface area contributed by atoms with Crippen LogP contribution in [0.1, 0.15) is 24.4 Å². The molecule has 0 saturated heterocycles. The molecule has 0 aliphatic rings. The van der Waals surface area contributed by atoms with Crippen LogP contribution < -0.4 is 5.32 Å². The highest BCUT2D eigenvalue weighted by Gasteiger charge is 2.14. The number of hydrogen-bond donors (Lipinski definition) is 2. The van der Waals surface area contributed by atoms with Gasteiger partial charge in [0.1, 0.15) is 18.2 Å². The van der Waals surface area contributed by atoms with Crippen LogP contribution in [0.2, 0.25) is 0 Å². The van der Waals surface area contributed by atoms with Crippen molar-refractivity contribution in [3.8, 4) is 6.07 Å². The van der Waals surface area contributed by atoms with Crippen LogP contribution in [0.15, 0.2) is 22.9 Å². The van der Waals surface area contributed by atoms with E-state index in [4.69, 9.17) is 5.26 Å². The fraction of sp³-hybridized carbons (Fsp3) is 0.182. The molecule has 18 heavy (non-hydrogen) atoms. The maximum Gasteiger partial charge on any atom is 0.161 e. The van der Waals surface area contributed by atoms with Crippen molar-refractivity contribution in [2.75, 3.05) is 5.32 Å². The van der Waals surface area contributed by atoms with Gasteiger partial charge in [-0.15, -0.1) is 0 Å². The van der Waals surface area contributed by atoms with E-state index in [1.165, 1.54) is 12.4 Å². The van der Waals surface area contributed by atoms with E-state index in [2.05, 4.69) is 36.4 Å². The van der Waals surface area contributed by atoms with Gasteiger partial charge in [0.25, 0.3) is 0 Å². The number of hydrogen-bond acceptors (Lipinski definition) is 4. The summed E-state index contributed by atoms with van der Waals surface area (Å²) >= 11 is 3.06. The van der Waals surface area contributed by atoms with Gasteiger partial charge in [-0.25, -0.2) is 9.37 Å². The molecule has 0 fully saturated rings. The van der Waals surface area contributed by atoms with Crippen molar-refractivity contribution in [2.45, 2.75) is 13.0 Å². The van der Waals surface area contributed by atoms with Crippen LogP contribution in [0, 0.1) is 17.1 Å². The number of benzene rings is 1. The van der Waals surface area contributed by atoms with Crippen molar-refractivity contribution >= 4 is 21.6 Å². The Morgan fingerprint density at radius 3 is 2.94 bits per heavy atom. The number of aromatic amines is 1. The van der Waals surface area contributed by atoms with E-state index in [9.17, 15) is 4.39 Å². The van der Waals surface area contributed by atoms with Gasteiger partial charge in [-0.05, 0) is 35.0 Å². The van der Waals surface area contributed by atoms with Crippen LogP contribution in [0.4, 0.5) is 10.1 Å². The molecule has 0 spiro atoms. The van der Waals surface area contributed by atoms with Crippen molar-refractivity contribution in [1.29, 1.82) is 5.26 Å². The van der Waals surface area contributed by atoms with Crippen LogP contribution in [-0.2, 0) is 0 Å². The Hall–Kier alpha value is -1.94. The molecule has 1 aromatic carbocycles. The molecule has 2 rings (SSSR count). The van der Waals surface area contributed by atoms with Crippen LogP contribution in [-0.4, -0.2) is 15.2 Å². The zero-order valence-electron chi connectivity index (χ0n) is 9.41. The first-order chi connectivity index (χ1) is 8.63. The van der Waals surface area contributed by atoms with Crippen LogP contribution in [0.3, 0.4) is 0 Å². The van der Waals surface area contributed by atoms with Crippen molar-refractivity contribution in [1.82, 2.24) is 15.2 Å². The largest absolute Gasteiger partial charge is 0.373 e. The summed E-state index contributed by atoms with van der Waals surface area (Å²) in [4.78, 5) is 3.98. The van der Waals surface area contributed by atoms with Crippen LogP contribution in [0.5, 0.6) is 0 Å². The summed E-state index contributed by atoms with van der Waals surface area (Å²) < 4.78 is 14.1. The first-order valence-corrected chi connectivity index (χ1v) is 5.92. The molecular weight excluding hydrogens is 301 g/mol. The van der Waals surface area contributed by atoms with Gasteiger partial charge in [0.15, 0.2) is 5.82 Å². The molecule has 0 aliphatic heterocycles. The minimum Gasteiger partial charge on any atom is -0.373 e. The Balaban J connectivity index is 2.26. The van der Waals surface area contributed by atoms with Gasteiger partial charge >= 0.3 is 0 Å². The van der Waals surface area contributed by atoms with E-state index in [1.54, 1.807) is 6.07 Å².